The van der Waals surface area contributed by atoms with Crippen molar-refractivity contribution in [3.05, 3.63) is 34.2 Å². The standard InChI is InChI=1S/C15H20N2OS/c1-4-11-6-7-14(18-5-2)12(8-11)13-9-19-15(17-13)10(3)16/h6-10H,4-5,16H2,1-3H3. The summed E-state index contributed by atoms with van der Waals surface area (Å²) in [5.74, 6) is 0.890. The van der Waals surface area contributed by atoms with Gasteiger partial charge in [-0.2, -0.15) is 0 Å². The number of aryl methyl sites for hydroxylation is 1. The highest BCUT2D eigenvalue weighted by atomic mass is 32.1. The summed E-state index contributed by atoms with van der Waals surface area (Å²) in [5, 5.41) is 3.01. The average Bonchev–Trinajstić information content (AvgIpc) is 2.89. The van der Waals surface area contributed by atoms with Crippen molar-refractivity contribution >= 4 is 11.3 Å². The summed E-state index contributed by atoms with van der Waals surface area (Å²) in [7, 11) is 0. The summed E-state index contributed by atoms with van der Waals surface area (Å²) >= 11 is 1.60. The molecule has 0 fully saturated rings. The maximum atomic E-state index is 5.87. The van der Waals surface area contributed by atoms with Gasteiger partial charge in [0.2, 0.25) is 0 Å². The molecule has 2 rings (SSSR count). The van der Waals surface area contributed by atoms with E-state index >= 15 is 0 Å². The Hall–Kier alpha value is -1.39. The summed E-state index contributed by atoms with van der Waals surface area (Å²) in [4.78, 5) is 4.61. The molecule has 0 radical (unpaired) electrons. The van der Waals surface area contributed by atoms with E-state index in [4.69, 9.17) is 10.5 Å². The van der Waals surface area contributed by atoms with Crippen LogP contribution in [0.25, 0.3) is 11.3 Å². The van der Waals surface area contributed by atoms with Crippen LogP contribution in [-0.2, 0) is 6.42 Å². The maximum Gasteiger partial charge on any atom is 0.128 e. The van der Waals surface area contributed by atoms with Gasteiger partial charge in [-0.15, -0.1) is 11.3 Å². The van der Waals surface area contributed by atoms with E-state index in [-0.39, 0.29) is 6.04 Å². The summed E-state index contributed by atoms with van der Waals surface area (Å²) in [5.41, 5.74) is 9.17. The van der Waals surface area contributed by atoms with Crippen LogP contribution < -0.4 is 10.5 Å². The molecule has 0 aliphatic carbocycles. The lowest BCUT2D eigenvalue weighted by molar-refractivity contribution is 0.341. The minimum atomic E-state index is -0.0244. The fourth-order valence-corrected chi connectivity index (χ4v) is 2.68. The number of nitrogens with zero attached hydrogens (tertiary/aromatic N) is 1. The zero-order valence-corrected chi connectivity index (χ0v) is 12.5. The number of thiazole rings is 1. The van der Waals surface area contributed by atoms with Crippen molar-refractivity contribution in [2.24, 2.45) is 5.73 Å². The first-order valence-electron chi connectivity index (χ1n) is 6.62. The van der Waals surface area contributed by atoms with E-state index < -0.39 is 0 Å². The van der Waals surface area contributed by atoms with E-state index in [9.17, 15) is 0 Å². The normalized spacial score (nSPS) is 12.4. The van der Waals surface area contributed by atoms with Crippen molar-refractivity contribution in [3.63, 3.8) is 0 Å². The SMILES string of the molecule is CCOc1ccc(CC)cc1-c1csc(C(C)N)n1. The van der Waals surface area contributed by atoms with Crippen LogP contribution in [0.2, 0.25) is 0 Å². The minimum Gasteiger partial charge on any atom is -0.493 e. The number of hydrogen-bond donors (Lipinski definition) is 1. The molecule has 0 saturated heterocycles. The van der Waals surface area contributed by atoms with Crippen LogP contribution in [0, 0.1) is 0 Å². The van der Waals surface area contributed by atoms with Crippen molar-refractivity contribution in [2.45, 2.75) is 33.2 Å². The quantitative estimate of drug-likeness (QED) is 0.903. The fraction of sp³-hybridized carbons (Fsp3) is 0.400. The Morgan fingerprint density at radius 1 is 1.37 bits per heavy atom. The molecule has 1 unspecified atom stereocenters. The van der Waals surface area contributed by atoms with Crippen LogP contribution in [0.5, 0.6) is 5.75 Å². The molecule has 0 bridgehead atoms. The van der Waals surface area contributed by atoms with Crippen LogP contribution in [-0.4, -0.2) is 11.6 Å². The third-order valence-electron chi connectivity index (χ3n) is 2.94. The van der Waals surface area contributed by atoms with Gasteiger partial charge in [0.15, 0.2) is 0 Å². The molecule has 1 heterocycles. The lowest BCUT2D eigenvalue weighted by atomic mass is 10.1. The molecule has 0 amide bonds. The van der Waals surface area contributed by atoms with Crippen molar-refractivity contribution < 1.29 is 4.74 Å². The van der Waals surface area contributed by atoms with Crippen LogP contribution >= 0.6 is 11.3 Å². The van der Waals surface area contributed by atoms with E-state index in [0.29, 0.717) is 6.61 Å². The van der Waals surface area contributed by atoms with E-state index in [0.717, 1.165) is 28.4 Å². The number of nitrogens with two attached hydrogens (primary N) is 1. The first kappa shape index (κ1) is 14.0. The van der Waals surface area contributed by atoms with Crippen LogP contribution in [0.15, 0.2) is 23.6 Å². The Kier molecular flexibility index (Phi) is 4.56. The largest absolute Gasteiger partial charge is 0.493 e. The molecule has 102 valence electrons. The molecule has 0 saturated carbocycles. The highest BCUT2D eigenvalue weighted by molar-refractivity contribution is 7.10. The van der Waals surface area contributed by atoms with Crippen molar-refractivity contribution in [3.8, 4) is 17.0 Å². The molecule has 3 nitrogen and oxygen atoms in total. The maximum absolute atomic E-state index is 5.87. The number of rotatable bonds is 5. The molecule has 0 aliphatic rings. The molecule has 1 atom stereocenters. The van der Waals surface area contributed by atoms with Gasteiger partial charge in [0.05, 0.1) is 18.3 Å². The van der Waals surface area contributed by atoms with Crippen molar-refractivity contribution in [2.75, 3.05) is 6.61 Å². The fourth-order valence-electron chi connectivity index (χ4n) is 1.90. The van der Waals surface area contributed by atoms with Gasteiger partial charge >= 0.3 is 0 Å². The topological polar surface area (TPSA) is 48.1 Å². The monoisotopic (exact) mass is 276 g/mol. The van der Waals surface area contributed by atoms with Crippen molar-refractivity contribution in [1.29, 1.82) is 0 Å². The number of benzene rings is 1. The Morgan fingerprint density at radius 2 is 2.16 bits per heavy atom. The minimum absolute atomic E-state index is 0.0244. The molecule has 2 aromatic rings. The van der Waals surface area contributed by atoms with Crippen LogP contribution in [0.3, 0.4) is 0 Å². The van der Waals surface area contributed by atoms with Crippen molar-refractivity contribution in [1.82, 2.24) is 4.98 Å². The second kappa shape index (κ2) is 6.17. The zero-order valence-electron chi connectivity index (χ0n) is 11.6. The molecule has 1 aromatic carbocycles. The Labute approximate surface area is 118 Å². The smallest absolute Gasteiger partial charge is 0.128 e. The zero-order chi connectivity index (χ0) is 13.8. The Morgan fingerprint density at radius 3 is 2.74 bits per heavy atom. The number of hydrogen-bond acceptors (Lipinski definition) is 4. The molecular weight excluding hydrogens is 256 g/mol. The third-order valence-corrected chi connectivity index (χ3v) is 3.99. The van der Waals surface area contributed by atoms with Crippen LogP contribution in [0.4, 0.5) is 0 Å². The summed E-state index contributed by atoms with van der Waals surface area (Å²) in [6.45, 7) is 6.75. The first-order valence-corrected chi connectivity index (χ1v) is 7.50. The van der Waals surface area contributed by atoms with Gasteiger partial charge in [0.25, 0.3) is 0 Å². The molecule has 19 heavy (non-hydrogen) atoms. The van der Waals surface area contributed by atoms with Gasteiger partial charge in [-0.3, -0.25) is 0 Å². The Balaban J connectivity index is 2.44. The molecule has 0 aliphatic heterocycles. The lowest BCUT2D eigenvalue weighted by Crippen LogP contribution is -2.04. The highest BCUT2D eigenvalue weighted by Gasteiger charge is 2.12. The molecule has 2 N–H and O–H groups in total. The molecular formula is C15H20N2OS. The van der Waals surface area contributed by atoms with Gasteiger partial charge in [0, 0.05) is 10.9 Å². The lowest BCUT2D eigenvalue weighted by Gasteiger charge is -2.10. The summed E-state index contributed by atoms with van der Waals surface area (Å²) in [6.07, 6.45) is 1.00. The summed E-state index contributed by atoms with van der Waals surface area (Å²) < 4.78 is 5.69. The molecule has 4 heteroatoms. The van der Waals surface area contributed by atoms with Gasteiger partial charge in [-0.1, -0.05) is 13.0 Å². The van der Waals surface area contributed by atoms with E-state index in [2.05, 4.69) is 29.4 Å². The van der Waals surface area contributed by atoms with Gasteiger partial charge < -0.3 is 10.5 Å². The number of ether oxygens (including phenoxy) is 1. The third kappa shape index (κ3) is 3.14. The molecule has 1 aromatic heterocycles. The Bertz CT molecular complexity index is 549. The van der Waals surface area contributed by atoms with Crippen LogP contribution in [0.1, 0.15) is 37.4 Å². The van der Waals surface area contributed by atoms with Gasteiger partial charge in [0.1, 0.15) is 10.8 Å². The average molecular weight is 276 g/mol. The van der Waals surface area contributed by atoms with Gasteiger partial charge in [-0.05, 0) is 38.0 Å². The van der Waals surface area contributed by atoms with Gasteiger partial charge in [-0.25, -0.2) is 4.98 Å². The molecule has 0 spiro atoms. The predicted molar refractivity (Wildman–Crippen MR) is 80.7 cm³/mol. The second-order valence-electron chi connectivity index (χ2n) is 4.48. The summed E-state index contributed by atoms with van der Waals surface area (Å²) in [6, 6.07) is 6.27. The van der Waals surface area contributed by atoms with E-state index in [1.165, 1.54) is 5.56 Å². The highest BCUT2D eigenvalue weighted by Crippen LogP contribution is 2.33. The second-order valence-corrected chi connectivity index (χ2v) is 5.37. The number of aromatic nitrogens is 1. The van der Waals surface area contributed by atoms with E-state index in [1.807, 2.05) is 19.9 Å². The first-order chi connectivity index (χ1) is 9.15. The van der Waals surface area contributed by atoms with E-state index in [1.54, 1.807) is 11.3 Å². The predicted octanol–water partition coefficient (Wildman–Crippen LogP) is 3.79.